The molecular formula is C43H46N2O5. The number of carbonyl (C=O) groups excluding carboxylic acids is 1. The Morgan fingerprint density at radius 2 is 1.44 bits per heavy atom. The van der Waals surface area contributed by atoms with E-state index in [4.69, 9.17) is 9.47 Å². The molecule has 5 aromatic rings. The molecule has 0 radical (unpaired) electrons. The van der Waals surface area contributed by atoms with E-state index in [2.05, 4.69) is 41.4 Å². The van der Waals surface area contributed by atoms with E-state index in [9.17, 15) is 15.0 Å². The van der Waals surface area contributed by atoms with Gasteiger partial charge >= 0.3 is 0 Å². The van der Waals surface area contributed by atoms with Crippen LogP contribution in [0.2, 0.25) is 0 Å². The lowest BCUT2D eigenvalue weighted by molar-refractivity contribution is -0.276. The summed E-state index contributed by atoms with van der Waals surface area (Å²) in [6, 6.07) is 43.1. The van der Waals surface area contributed by atoms with E-state index in [1.54, 1.807) is 12.1 Å². The molecule has 7 nitrogen and oxygen atoms in total. The van der Waals surface area contributed by atoms with Crippen LogP contribution in [0.4, 0.5) is 0 Å². The Bertz CT molecular complexity index is 1830. The van der Waals surface area contributed by atoms with Crippen LogP contribution in [-0.2, 0) is 22.6 Å². The zero-order valence-electron chi connectivity index (χ0n) is 28.9. The number of aliphatic hydroxyl groups excluding tert-OH is 2. The van der Waals surface area contributed by atoms with Crippen LogP contribution in [0.25, 0.3) is 11.1 Å². The average Bonchev–Trinajstić information content (AvgIpc) is 3.18. The maximum absolute atomic E-state index is 12.6. The molecule has 0 spiro atoms. The standard InChI is InChI=1S/C43H46N2O5/c1-29-39(27-45(3)30(2)40(47)33-13-6-4-7-14-33)49-43(50-41(29)34-22-20-31(28-46)21-23-34)38-19-11-18-37(25-38)36-17-10-12-32(24-36)26-44-42(48)35-15-8-5-9-16-35/h4-25,29-30,39-41,43,46-47H,26-28H2,1-3H3,(H,44,48)/t29-,30-,39+,40-,41+,43+/m0/s1. The second kappa shape index (κ2) is 16.4. The molecule has 0 aliphatic carbocycles. The van der Waals surface area contributed by atoms with Crippen LogP contribution in [0.1, 0.15) is 70.5 Å². The molecule has 258 valence electrons. The van der Waals surface area contributed by atoms with Gasteiger partial charge in [-0.05, 0) is 71.6 Å². The summed E-state index contributed by atoms with van der Waals surface area (Å²) in [6.07, 6.45) is -1.73. The Morgan fingerprint density at radius 3 is 2.14 bits per heavy atom. The van der Waals surface area contributed by atoms with Crippen LogP contribution >= 0.6 is 0 Å². The van der Waals surface area contributed by atoms with Crippen LogP contribution < -0.4 is 5.32 Å². The predicted octanol–water partition coefficient (Wildman–Crippen LogP) is 7.62. The Balaban J connectivity index is 1.22. The Labute approximate surface area is 295 Å². The Kier molecular flexibility index (Phi) is 11.5. The number of hydrogen-bond acceptors (Lipinski definition) is 6. The van der Waals surface area contributed by atoms with Crippen molar-refractivity contribution < 1.29 is 24.5 Å². The highest BCUT2D eigenvalue weighted by atomic mass is 16.7. The minimum Gasteiger partial charge on any atom is -0.392 e. The normalized spacial score (nSPS) is 20.3. The molecule has 1 amide bonds. The van der Waals surface area contributed by atoms with E-state index >= 15 is 0 Å². The largest absolute Gasteiger partial charge is 0.392 e. The SMILES string of the molecule is C[C@H]1[C@@H](CN(C)[C@@H](C)[C@H](O)c2ccccc2)O[C@@H](c2cccc(-c3cccc(CNC(=O)c4ccccc4)c3)c2)O[C@H]1c1ccc(CO)cc1. The highest BCUT2D eigenvalue weighted by Gasteiger charge is 2.39. The van der Waals surface area contributed by atoms with Crippen molar-refractivity contribution in [1.82, 2.24) is 10.2 Å². The number of rotatable bonds is 12. The summed E-state index contributed by atoms with van der Waals surface area (Å²) in [6.45, 7) is 5.17. The van der Waals surface area contributed by atoms with Gasteiger partial charge < -0.3 is 25.0 Å². The molecule has 3 N–H and O–H groups in total. The van der Waals surface area contributed by atoms with Gasteiger partial charge in [-0.1, -0.05) is 116 Å². The minimum atomic E-state index is -0.645. The number of carbonyl (C=O) groups is 1. The van der Waals surface area contributed by atoms with Gasteiger partial charge in [0.1, 0.15) is 0 Å². The summed E-state index contributed by atoms with van der Waals surface area (Å²) in [7, 11) is 2.03. The average molecular weight is 671 g/mol. The molecule has 1 saturated heterocycles. The van der Waals surface area contributed by atoms with Gasteiger partial charge in [-0.15, -0.1) is 0 Å². The quantitative estimate of drug-likeness (QED) is 0.127. The molecule has 6 atom stereocenters. The molecule has 1 fully saturated rings. The van der Waals surface area contributed by atoms with Gasteiger partial charge in [0.05, 0.1) is 24.9 Å². The first kappa shape index (κ1) is 35.2. The number of likely N-dealkylation sites (N-methyl/N-ethyl adjacent to an activating group) is 1. The van der Waals surface area contributed by atoms with Crippen molar-refractivity contribution in [3.8, 4) is 11.1 Å². The number of nitrogens with zero attached hydrogens (tertiary/aromatic N) is 1. The van der Waals surface area contributed by atoms with Crippen molar-refractivity contribution in [2.75, 3.05) is 13.6 Å². The first-order valence-electron chi connectivity index (χ1n) is 17.3. The molecular weight excluding hydrogens is 624 g/mol. The van der Waals surface area contributed by atoms with E-state index in [1.165, 1.54) is 0 Å². The Morgan fingerprint density at radius 1 is 0.780 bits per heavy atom. The maximum atomic E-state index is 12.6. The van der Waals surface area contributed by atoms with E-state index in [0.717, 1.165) is 38.9 Å². The monoisotopic (exact) mass is 670 g/mol. The number of ether oxygens (including phenoxy) is 2. The molecule has 6 rings (SSSR count). The molecule has 50 heavy (non-hydrogen) atoms. The third-order valence-electron chi connectivity index (χ3n) is 9.79. The molecule has 0 saturated carbocycles. The van der Waals surface area contributed by atoms with E-state index in [-0.39, 0.29) is 36.7 Å². The molecule has 0 aromatic heterocycles. The van der Waals surface area contributed by atoms with Crippen LogP contribution in [0, 0.1) is 5.92 Å². The van der Waals surface area contributed by atoms with E-state index < -0.39 is 12.4 Å². The lowest BCUT2D eigenvalue weighted by Crippen LogP contribution is -2.46. The second-order valence-electron chi connectivity index (χ2n) is 13.2. The third-order valence-corrected chi connectivity index (χ3v) is 9.79. The lowest BCUT2D eigenvalue weighted by Gasteiger charge is -2.43. The molecule has 7 heteroatoms. The van der Waals surface area contributed by atoms with Crippen LogP contribution in [0.15, 0.2) is 133 Å². The van der Waals surface area contributed by atoms with Gasteiger partial charge in [0.2, 0.25) is 0 Å². The highest BCUT2D eigenvalue weighted by molar-refractivity contribution is 5.94. The second-order valence-corrected chi connectivity index (χ2v) is 13.2. The fourth-order valence-electron chi connectivity index (χ4n) is 6.55. The fourth-order valence-corrected chi connectivity index (χ4v) is 6.55. The highest BCUT2D eigenvalue weighted by Crippen LogP contribution is 2.42. The van der Waals surface area contributed by atoms with Crippen molar-refractivity contribution in [2.45, 2.75) is 57.6 Å². The van der Waals surface area contributed by atoms with E-state index in [0.29, 0.717) is 18.7 Å². The summed E-state index contributed by atoms with van der Waals surface area (Å²) in [5, 5.41) is 23.9. The van der Waals surface area contributed by atoms with Crippen molar-refractivity contribution in [3.63, 3.8) is 0 Å². The number of nitrogens with one attached hydrogen (secondary N) is 1. The first-order chi connectivity index (χ1) is 24.3. The summed E-state index contributed by atoms with van der Waals surface area (Å²) in [5.74, 6) is -0.107. The molecule has 0 bridgehead atoms. The fraction of sp³-hybridized carbons (Fsp3) is 0.279. The van der Waals surface area contributed by atoms with E-state index in [1.807, 2.05) is 111 Å². The summed E-state index contributed by atoms with van der Waals surface area (Å²) >= 11 is 0. The van der Waals surface area contributed by atoms with Crippen LogP contribution in [0.3, 0.4) is 0 Å². The predicted molar refractivity (Wildman–Crippen MR) is 196 cm³/mol. The molecule has 1 aliphatic heterocycles. The Hall–Kier alpha value is -4.63. The number of amides is 1. The van der Waals surface area contributed by atoms with Gasteiger partial charge in [-0.2, -0.15) is 0 Å². The van der Waals surface area contributed by atoms with Crippen molar-refractivity contribution >= 4 is 5.91 Å². The zero-order valence-corrected chi connectivity index (χ0v) is 28.9. The van der Waals surface area contributed by atoms with Crippen molar-refractivity contribution in [3.05, 3.63) is 167 Å². The van der Waals surface area contributed by atoms with Crippen LogP contribution in [0.5, 0.6) is 0 Å². The van der Waals surface area contributed by atoms with Gasteiger partial charge in [0, 0.05) is 36.2 Å². The van der Waals surface area contributed by atoms with Gasteiger partial charge in [-0.3, -0.25) is 9.69 Å². The van der Waals surface area contributed by atoms with Crippen LogP contribution in [-0.4, -0.2) is 46.8 Å². The molecule has 5 aromatic carbocycles. The third kappa shape index (κ3) is 8.38. The van der Waals surface area contributed by atoms with Gasteiger partial charge in [0.15, 0.2) is 6.29 Å². The maximum Gasteiger partial charge on any atom is 0.251 e. The van der Waals surface area contributed by atoms with Gasteiger partial charge in [0.25, 0.3) is 5.91 Å². The summed E-state index contributed by atoms with van der Waals surface area (Å²) in [5.41, 5.74) is 7.32. The lowest BCUT2D eigenvalue weighted by atomic mass is 9.89. The number of hydrogen-bond donors (Lipinski definition) is 3. The number of aliphatic hydroxyl groups is 2. The topological polar surface area (TPSA) is 91.3 Å². The molecule has 1 aliphatic rings. The van der Waals surface area contributed by atoms with Crippen molar-refractivity contribution in [2.24, 2.45) is 5.92 Å². The molecule has 1 heterocycles. The zero-order chi connectivity index (χ0) is 35.0. The number of benzene rings is 5. The smallest absolute Gasteiger partial charge is 0.251 e. The first-order valence-corrected chi connectivity index (χ1v) is 17.3. The minimum absolute atomic E-state index is 0.000653. The molecule has 0 unspecified atom stereocenters. The van der Waals surface area contributed by atoms with Crippen molar-refractivity contribution in [1.29, 1.82) is 0 Å². The summed E-state index contributed by atoms with van der Waals surface area (Å²) in [4.78, 5) is 14.8. The summed E-state index contributed by atoms with van der Waals surface area (Å²) < 4.78 is 13.5. The van der Waals surface area contributed by atoms with Gasteiger partial charge in [-0.25, -0.2) is 0 Å².